The first kappa shape index (κ1) is 13.4. The van der Waals surface area contributed by atoms with Crippen molar-refractivity contribution in [3.8, 4) is 0 Å². The van der Waals surface area contributed by atoms with Gasteiger partial charge in [0, 0.05) is 12.6 Å². The number of furan rings is 1. The van der Waals surface area contributed by atoms with Gasteiger partial charge in [0.25, 0.3) is 0 Å². The molecule has 1 aromatic carbocycles. The Hall–Kier alpha value is -1.58. The summed E-state index contributed by atoms with van der Waals surface area (Å²) in [7, 11) is 0. The minimum Gasteiger partial charge on any atom is -0.467 e. The Balaban J connectivity index is 1.79. The lowest BCUT2D eigenvalue weighted by Crippen LogP contribution is -2.40. The summed E-state index contributed by atoms with van der Waals surface area (Å²) in [4.78, 5) is 0. The Kier molecular flexibility index (Phi) is 4.19. The fraction of sp³-hybridized carbons (Fsp3) is 0.412. The lowest BCUT2D eigenvalue weighted by atomic mass is 9.99. The van der Waals surface area contributed by atoms with Crippen LogP contribution in [0.4, 0.5) is 0 Å². The molecule has 0 aliphatic carbocycles. The maximum atomic E-state index is 5.62. The van der Waals surface area contributed by atoms with E-state index in [0.717, 1.165) is 25.2 Å². The zero-order valence-electron chi connectivity index (χ0n) is 11.8. The van der Waals surface area contributed by atoms with Crippen molar-refractivity contribution in [1.29, 1.82) is 0 Å². The number of benzene rings is 1. The maximum Gasteiger partial charge on any atom is 0.125 e. The Labute approximate surface area is 119 Å². The van der Waals surface area contributed by atoms with Crippen molar-refractivity contribution in [2.24, 2.45) is 0 Å². The molecule has 1 aliphatic heterocycles. The van der Waals surface area contributed by atoms with Crippen molar-refractivity contribution in [3.05, 3.63) is 60.1 Å². The average molecular weight is 271 g/mol. The number of hydrogen-bond donors (Lipinski definition) is 1. The quantitative estimate of drug-likeness (QED) is 0.923. The van der Waals surface area contributed by atoms with Crippen LogP contribution in [-0.2, 0) is 4.74 Å². The molecule has 2 aromatic rings. The Morgan fingerprint density at radius 3 is 2.70 bits per heavy atom. The minimum atomic E-state index is 0.113. The third kappa shape index (κ3) is 3.11. The van der Waals surface area contributed by atoms with Gasteiger partial charge in [0.05, 0.1) is 18.4 Å². The summed E-state index contributed by atoms with van der Waals surface area (Å²) in [6.45, 7) is 2.97. The van der Waals surface area contributed by atoms with Gasteiger partial charge in [0.2, 0.25) is 0 Å². The SMILES string of the molecule is CC1CC(NC(c2ccccc2)c2ccco2)CCO1. The highest BCUT2D eigenvalue weighted by Crippen LogP contribution is 2.25. The van der Waals surface area contributed by atoms with Gasteiger partial charge in [0.1, 0.15) is 5.76 Å². The van der Waals surface area contributed by atoms with E-state index in [1.165, 1.54) is 5.56 Å². The summed E-state index contributed by atoms with van der Waals surface area (Å²) in [5.41, 5.74) is 1.24. The van der Waals surface area contributed by atoms with Crippen LogP contribution in [0.2, 0.25) is 0 Å². The van der Waals surface area contributed by atoms with Crippen LogP contribution < -0.4 is 5.32 Å². The number of hydrogen-bond acceptors (Lipinski definition) is 3. The van der Waals surface area contributed by atoms with E-state index in [4.69, 9.17) is 9.15 Å². The van der Waals surface area contributed by atoms with Crippen LogP contribution in [0.5, 0.6) is 0 Å². The molecular formula is C17H21NO2. The van der Waals surface area contributed by atoms with Crippen LogP contribution in [0.25, 0.3) is 0 Å². The van der Waals surface area contributed by atoms with E-state index in [2.05, 4.69) is 36.5 Å². The van der Waals surface area contributed by atoms with E-state index in [0.29, 0.717) is 12.1 Å². The molecule has 0 bridgehead atoms. The van der Waals surface area contributed by atoms with Gasteiger partial charge in [-0.3, -0.25) is 0 Å². The lowest BCUT2D eigenvalue weighted by molar-refractivity contribution is 0.0116. The van der Waals surface area contributed by atoms with Crippen molar-refractivity contribution in [1.82, 2.24) is 5.32 Å². The minimum absolute atomic E-state index is 0.113. The van der Waals surface area contributed by atoms with Gasteiger partial charge in [-0.05, 0) is 37.5 Å². The zero-order chi connectivity index (χ0) is 13.8. The molecule has 0 amide bonds. The molecule has 1 fully saturated rings. The molecule has 3 rings (SSSR count). The van der Waals surface area contributed by atoms with Crippen molar-refractivity contribution < 1.29 is 9.15 Å². The highest BCUT2D eigenvalue weighted by Gasteiger charge is 2.24. The predicted octanol–water partition coefficient (Wildman–Crippen LogP) is 3.53. The first-order chi connectivity index (χ1) is 9.83. The predicted molar refractivity (Wildman–Crippen MR) is 78.6 cm³/mol. The molecule has 106 valence electrons. The summed E-state index contributed by atoms with van der Waals surface area (Å²) >= 11 is 0. The monoisotopic (exact) mass is 271 g/mol. The standard InChI is InChI=1S/C17H21NO2/c1-13-12-15(9-11-19-13)18-17(16-8-5-10-20-16)14-6-3-2-4-7-14/h2-8,10,13,15,17-18H,9,11-12H2,1H3. The van der Waals surface area contributed by atoms with Crippen LogP contribution in [0.1, 0.15) is 37.1 Å². The highest BCUT2D eigenvalue weighted by atomic mass is 16.5. The molecule has 2 heterocycles. The lowest BCUT2D eigenvalue weighted by Gasteiger charge is -2.31. The first-order valence-corrected chi connectivity index (χ1v) is 7.29. The van der Waals surface area contributed by atoms with Gasteiger partial charge in [-0.15, -0.1) is 0 Å². The van der Waals surface area contributed by atoms with Crippen molar-refractivity contribution in [3.63, 3.8) is 0 Å². The van der Waals surface area contributed by atoms with Crippen LogP contribution >= 0.6 is 0 Å². The summed E-state index contributed by atoms with van der Waals surface area (Å²) in [6, 6.07) is 15.0. The Morgan fingerprint density at radius 1 is 1.15 bits per heavy atom. The molecule has 3 heteroatoms. The summed E-state index contributed by atoms with van der Waals surface area (Å²) in [6.07, 6.45) is 4.16. The average Bonchev–Trinajstić information content (AvgIpc) is 3.00. The van der Waals surface area contributed by atoms with Gasteiger partial charge in [-0.25, -0.2) is 0 Å². The molecule has 3 nitrogen and oxygen atoms in total. The van der Waals surface area contributed by atoms with Crippen molar-refractivity contribution in [2.75, 3.05) is 6.61 Å². The van der Waals surface area contributed by atoms with Crippen LogP contribution in [-0.4, -0.2) is 18.8 Å². The molecule has 1 aromatic heterocycles. The zero-order valence-corrected chi connectivity index (χ0v) is 11.8. The molecule has 3 unspecified atom stereocenters. The molecular weight excluding hydrogens is 250 g/mol. The number of rotatable bonds is 4. The fourth-order valence-corrected chi connectivity index (χ4v) is 2.83. The van der Waals surface area contributed by atoms with Gasteiger partial charge in [0.15, 0.2) is 0 Å². The largest absolute Gasteiger partial charge is 0.467 e. The van der Waals surface area contributed by atoms with Gasteiger partial charge >= 0.3 is 0 Å². The molecule has 20 heavy (non-hydrogen) atoms. The molecule has 1 saturated heterocycles. The van der Waals surface area contributed by atoms with Gasteiger partial charge in [-0.1, -0.05) is 30.3 Å². The van der Waals surface area contributed by atoms with E-state index < -0.39 is 0 Å². The number of ether oxygens (including phenoxy) is 1. The topological polar surface area (TPSA) is 34.4 Å². The van der Waals surface area contributed by atoms with E-state index in [1.54, 1.807) is 6.26 Å². The molecule has 0 spiro atoms. The highest BCUT2D eigenvalue weighted by molar-refractivity contribution is 5.26. The van der Waals surface area contributed by atoms with Crippen molar-refractivity contribution in [2.45, 2.75) is 38.0 Å². The molecule has 0 saturated carbocycles. The molecule has 0 radical (unpaired) electrons. The number of nitrogens with one attached hydrogen (secondary N) is 1. The molecule has 3 atom stereocenters. The van der Waals surface area contributed by atoms with E-state index >= 15 is 0 Å². The fourth-order valence-electron chi connectivity index (χ4n) is 2.83. The summed E-state index contributed by atoms with van der Waals surface area (Å²) < 4.78 is 11.2. The third-order valence-corrected chi connectivity index (χ3v) is 3.85. The van der Waals surface area contributed by atoms with Gasteiger partial charge < -0.3 is 14.5 Å². The van der Waals surface area contributed by atoms with E-state index in [9.17, 15) is 0 Å². The van der Waals surface area contributed by atoms with E-state index in [-0.39, 0.29) is 6.04 Å². The van der Waals surface area contributed by atoms with E-state index in [1.807, 2.05) is 18.2 Å². The third-order valence-electron chi connectivity index (χ3n) is 3.85. The molecule has 1 aliphatic rings. The normalized spacial score (nSPS) is 24.4. The second-order valence-electron chi connectivity index (χ2n) is 5.43. The Morgan fingerprint density at radius 2 is 2.00 bits per heavy atom. The first-order valence-electron chi connectivity index (χ1n) is 7.29. The van der Waals surface area contributed by atoms with Crippen LogP contribution in [0, 0.1) is 0 Å². The summed E-state index contributed by atoms with van der Waals surface area (Å²) in [5, 5.41) is 3.73. The van der Waals surface area contributed by atoms with Crippen LogP contribution in [0.15, 0.2) is 53.1 Å². The Bertz CT molecular complexity index is 509. The van der Waals surface area contributed by atoms with Gasteiger partial charge in [-0.2, -0.15) is 0 Å². The summed E-state index contributed by atoms with van der Waals surface area (Å²) in [5.74, 6) is 0.968. The maximum absolute atomic E-state index is 5.62. The van der Waals surface area contributed by atoms with Crippen LogP contribution in [0.3, 0.4) is 0 Å². The smallest absolute Gasteiger partial charge is 0.125 e. The van der Waals surface area contributed by atoms with Crippen molar-refractivity contribution >= 4 is 0 Å². The second kappa shape index (κ2) is 6.25. The molecule has 1 N–H and O–H groups in total. The second-order valence-corrected chi connectivity index (χ2v) is 5.43.